The number of pyridine rings is 1. The molecule has 3 fully saturated rings. The molecule has 0 amide bonds. The van der Waals surface area contributed by atoms with Gasteiger partial charge in [-0.1, -0.05) is 18.2 Å². The van der Waals surface area contributed by atoms with Crippen molar-refractivity contribution < 1.29 is 23.0 Å². The van der Waals surface area contributed by atoms with Crippen molar-refractivity contribution in [1.29, 1.82) is 0 Å². The van der Waals surface area contributed by atoms with E-state index < -0.39 is 18.0 Å². The maximum absolute atomic E-state index is 14.9. The minimum atomic E-state index is -0.886. The summed E-state index contributed by atoms with van der Waals surface area (Å²) in [6.07, 6.45) is 4.98. The van der Waals surface area contributed by atoms with E-state index >= 15 is 0 Å². The van der Waals surface area contributed by atoms with Gasteiger partial charge < -0.3 is 14.4 Å². The summed E-state index contributed by atoms with van der Waals surface area (Å²) < 4.78 is 40.5. The van der Waals surface area contributed by atoms with Crippen LogP contribution >= 0.6 is 11.6 Å². The average Bonchev–Trinajstić information content (AvgIpc) is 3.35. The van der Waals surface area contributed by atoms with Crippen LogP contribution in [0.15, 0.2) is 18.9 Å². The fourth-order valence-corrected chi connectivity index (χ4v) is 5.53. The first-order valence-corrected chi connectivity index (χ1v) is 11.9. The summed E-state index contributed by atoms with van der Waals surface area (Å²) in [7, 11) is 0. The van der Waals surface area contributed by atoms with Crippen LogP contribution in [-0.2, 0) is 9.53 Å². The quantitative estimate of drug-likeness (QED) is 0.344. The zero-order valence-corrected chi connectivity index (χ0v) is 19.4. The average molecular weight is 494 g/mol. The molecule has 0 saturated carbocycles. The van der Waals surface area contributed by atoms with Crippen molar-refractivity contribution >= 4 is 34.3 Å². The fraction of sp³-hybridized carbons (Fsp3) is 0.565. The Morgan fingerprint density at radius 1 is 1.32 bits per heavy atom. The van der Waals surface area contributed by atoms with Crippen LogP contribution in [-0.4, -0.2) is 76.4 Å². The van der Waals surface area contributed by atoms with E-state index in [1.54, 1.807) is 0 Å². The molecule has 0 unspecified atom stereocenters. The van der Waals surface area contributed by atoms with Crippen LogP contribution in [0.2, 0.25) is 5.15 Å². The molecule has 5 rings (SSSR count). The SMILES string of the molecule is C=CC(=O)O[C@@H]1CCCN(c2nc(OC[C@@]34CCCN3C[C@H](F)C4)nc3c(F)c(Cl)ncc23)C1. The molecule has 0 aromatic carbocycles. The first kappa shape index (κ1) is 23.2. The van der Waals surface area contributed by atoms with Gasteiger partial charge in [-0.25, -0.2) is 18.6 Å². The number of anilines is 1. The zero-order valence-electron chi connectivity index (χ0n) is 18.7. The van der Waals surface area contributed by atoms with Gasteiger partial charge in [0, 0.05) is 31.8 Å². The monoisotopic (exact) mass is 493 g/mol. The molecule has 11 heteroatoms. The topological polar surface area (TPSA) is 80.7 Å². The summed E-state index contributed by atoms with van der Waals surface area (Å²) in [4.78, 5) is 28.5. The van der Waals surface area contributed by atoms with Crippen molar-refractivity contribution in [3.8, 4) is 6.01 Å². The number of carbonyl (C=O) groups excluding carboxylic acids is 1. The lowest BCUT2D eigenvalue weighted by Crippen LogP contribution is -2.43. The van der Waals surface area contributed by atoms with Gasteiger partial charge in [0.2, 0.25) is 0 Å². The third kappa shape index (κ3) is 4.29. The second-order valence-electron chi connectivity index (χ2n) is 9.17. The lowest BCUT2D eigenvalue weighted by Gasteiger charge is -2.34. The Kier molecular flexibility index (Phi) is 6.28. The molecule has 3 aliphatic heterocycles. The number of nitrogens with zero attached hydrogens (tertiary/aromatic N) is 5. The Morgan fingerprint density at radius 3 is 3.00 bits per heavy atom. The minimum absolute atomic E-state index is 0.000720. The highest BCUT2D eigenvalue weighted by Crippen LogP contribution is 2.40. The molecule has 3 aliphatic rings. The Bertz CT molecular complexity index is 1120. The number of carbonyl (C=O) groups is 1. The van der Waals surface area contributed by atoms with Crippen LogP contribution in [0.4, 0.5) is 14.6 Å². The van der Waals surface area contributed by atoms with Gasteiger partial charge in [0.1, 0.15) is 30.2 Å². The van der Waals surface area contributed by atoms with E-state index in [1.165, 1.54) is 6.20 Å². The number of piperidine rings is 1. The Labute approximate surface area is 200 Å². The van der Waals surface area contributed by atoms with Crippen molar-refractivity contribution in [3.63, 3.8) is 0 Å². The van der Waals surface area contributed by atoms with E-state index in [1.807, 2.05) is 4.90 Å². The standard InChI is InChI=1S/C23H26ClF2N5O3/c1-2-17(32)34-15-5-3-7-30(12-15)21-16-10-27-20(24)18(26)19(16)28-22(29-21)33-13-23-6-4-8-31(23)11-14(25)9-23/h2,10,14-15H,1,3-9,11-13H2/t14-,15-,23+/m1/s1. The Morgan fingerprint density at radius 2 is 2.18 bits per heavy atom. The van der Waals surface area contributed by atoms with Crippen LogP contribution in [0.1, 0.15) is 32.1 Å². The van der Waals surface area contributed by atoms with E-state index in [0.29, 0.717) is 43.7 Å². The molecule has 0 spiro atoms. The first-order chi connectivity index (χ1) is 16.4. The summed E-state index contributed by atoms with van der Waals surface area (Å²) in [5, 5.41) is 0.0893. The molecule has 2 aromatic heterocycles. The number of ether oxygens (including phenoxy) is 2. The van der Waals surface area contributed by atoms with Gasteiger partial charge in [-0.05, 0) is 32.2 Å². The molecule has 8 nitrogen and oxygen atoms in total. The molecule has 0 aliphatic carbocycles. The molecule has 0 N–H and O–H groups in total. The number of esters is 1. The van der Waals surface area contributed by atoms with E-state index in [9.17, 15) is 13.6 Å². The lowest BCUT2D eigenvalue weighted by molar-refractivity contribution is -0.143. The van der Waals surface area contributed by atoms with Crippen LogP contribution in [0, 0.1) is 5.82 Å². The van der Waals surface area contributed by atoms with Crippen molar-refractivity contribution in [2.75, 3.05) is 37.7 Å². The number of aromatic nitrogens is 3. The fourth-order valence-electron chi connectivity index (χ4n) is 5.39. The van der Waals surface area contributed by atoms with Crippen molar-refractivity contribution in [2.24, 2.45) is 0 Å². The number of halogens is 3. The molecule has 3 saturated heterocycles. The maximum atomic E-state index is 14.9. The zero-order chi connectivity index (χ0) is 23.9. The highest BCUT2D eigenvalue weighted by Gasteiger charge is 2.49. The molecule has 182 valence electrons. The molecular weight excluding hydrogens is 468 g/mol. The van der Waals surface area contributed by atoms with Gasteiger partial charge in [0.05, 0.1) is 17.5 Å². The summed E-state index contributed by atoms with van der Waals surface area (Å²) in [5.41, 5.74) is -0.387. The predicted octanol–water partition coefficient (Wildman–Crippen LogP) is 3.47. The van der Waals surface area contributed by atoms with Crippen molar-refractivity contribution in [2.45, 2.75) is 49.9 Å². The Hall–Kier alpha value is -2.59. The number of alkyl halides is 1. The molecule has 0 radical (unpaired) electrons. The van der Waals surface area contributed by atoms with Crippen LogP contribution < -0.4 is 9.64 Å². The second kappa shape index (κ2) is 9.22. The van der Waals surface area contributed by atoms with Crippen LogP contribution in [0.3, 0.4) is 0 Å². The van der Waals surface area contributed by atoms with Crippen molar-refractivity contribution in [3.05, 3.63) is 29.8 Å². The number of fused-ring (bicyclic) bond motifs is 2. The Balaban J connectivity index is 1.46. The number of hydrogen-bond acceptors (Lipinski definition) is 8. The van der Waals surface area contributed by atoms with Gasteiger partial charge >= 0.3 is 12.0 Å². The molecular formula is C23H26ClF2N5O3. The van der Waals surface area contributed by atoms with Crippen LogP contribution in [0.5, 0.6) is 6.01 Å². The van der Waals surface area contributed by atoms with Crippen molar-refractivity contribution in [1.82, 2.24) is 19.9 Å². The summed E-state index contributed by atoms with van der Waals surface area (Å²) in [6.45, 7) is 5.90. The second-order valence-corrected chi connectivity index (χ2v) is 9.53. The van der Waals surface area contributed by atoms with E-state index in [0.717, 1.165) is 31.9 Å². The van der Waals surface area contributed by atoms with Gasteiger partial charge in [0.15, 0.2) is 11.0 Å². The summed E-state index contributed by atoms with van der Waals surface area (Å²) in [5.74, 6) is -0.825. The minimum Gasteiger partial charge on any atom is -0.461 e. The third-order valence-corrected chi connectivity index (χ3v) is 7.22. The highest BCUT2D eigenvalue weighted by molar-refractivity contribution is 6.30. The molecule has 34 heavy (non-hydrogen) atoms. The molecule has 5 heterocycles. The normalized spacial score (nSPS) is 27.1. The van der Waals surface area contributed by atoms with Gasteiger partial charge in [-0.2, -0.15) is 9.97 Å². The highest BCUT2D eigenvalue weighted by atomic mass is 35.5. The van der Waals surface area contributed by atoms with E-state index in [-0.39, 0.29) is 34.9 Å². The van der Waals surface area contributed by atoms with Gasteiger partial charge in [0.25, 0.3) is 0 Å². The van der Waals surface area contributed by atoms with E-state index in [2.05, 4.69) is 26.4 Å². The van der Waals surface area contributed by atoms with Gasteiger partial charge in [-0.3, -0.25) is 4.90 Å². The predicted molar refractivity (Wildman–Crippen MR) is 122 cm³/mol. The largest absolute Gasteiger partial charge is 0.461 e. The van der Waals surface area contributed by atoms with E-state index in [4.69, 9.17) is 21.1 Å². The number of hydrogen-bond donors (Lipinski definition) is 0. The summed E-state index contributed by atoms with van der Waals surface area (Å²) in [6, 6.07) is -0.00240. The van der Waals surface area contributed by atoms with Gasteiger partial charge in [-0.15, -0.1) is 0 Å². The smallest absolute Gasteiger partial charge is 0.330 e. The maximum Gasteiger partial charge on any atom is 0.330 e. The lowest BCUT2D eigenvalue weighted by atomic mass is 9.95. The molecule has 0 bridgehead atoms. The molecule has 3 atom stereocenters. The van der Waals surface area contributed by atoms with Crippen LogP contribution in [0.25, 0.3) is 10.9 Å². The number of rotatable bonds is 6. The third-order valence-electron chi connectivity index (χ3n) is 6.96. The summed E-state index contributed by atoms with van der Waals surface area (Å²) >= 11 is 5.93. The molecule has 2 aromatic rings. The first-order valence-electron chi connectivity index (χ1n) is 11.5.